The number of aromatic nitrogens is 1. The quantitative estimate of drug-likeness (QED) is 0.916. The zero-order chi connectivity index (χ0) is 12.4. The molecule has 1 aromatic heterocycles. The number of aryl methyl sites for hydroxylation is 1. The minimum atomic E-state index is -0.128. The molecule has 0 saturated heterocycles. The largest absolute Gasteiger partial charge is 0.310 e. The highest BCUT2D eigenvalue weighted by molar-refractivity contribution is 7.09. The lowest BCUT2D eigenvalue weighted by Crippen LogP contribution is -2.21. The first-order valence-electron chi connectivity index (χ1n) is 6.23. The fourth-order valence-corrected chi connectivity index (χ4v) is 3.15. The monoisotopic (exact) mass is 262 g/mol. The molecule has 1 heterocycles. The van der Waals surface area contributed by atoms with Crippen molar-refractivity contribution in [2.24, 2.45) is 0 Å². The number of benzene rings is 1. The van der Waals surface area contributed by atoms with Crippen LogP contribution in [0.4, 0.5) is 4.39 Å². The molecule has 4 heteroatoms. The molecule has 1 aromatic carbocycles. The Morgan fingerprint density at radius 1 is 1.44 bits per heavy atom. The van der Waals surface area contributed by atoms with E-state index in [-0.39, 0.29) is 5.82 Å². The average Bonchev–Trinajstić information content (AvgIpc) is 2.99. The van der Waals surface area contributed by atoms with E-state index in [1.807, 2.05) is 17.6 Å². The van der Waals surface area contributed by atoms with E-state index < -0.39 is 0 Å². The van der Waals surface area contributed by atoms with Gasteiger partial charge < -0.3 is 5.32 Å². The summed E-state index contributed by atoms with van der Waals surface area (Å²) in [6.07, 6.45) is 4.84. The molecule has 1 N–H and O–H groups in total. The van der Waals surface area contributed by atoms with Crippen molar-refractivity contribution in [3.8, 4) is 0 Å². The van der Waals surface area contributed by atoms with Crippen molar-refractivity contribution in [1.29, 1.82) is 0 Å². The second-order valence-corrected chi connectivity index (χ2v) is 5.54. The number of thiazole rings is 1. The number of fused-ring (bicyclic) bond motifs is 1. The van der Waals surface area contributed by atoms with Gasteiger partial charge in [0.05, 0.1) is 5.01 Å². The minimum absolute atomic E-state index is 0.128. The maximum absolute atomic E-state index is 13.1. The van der Waals surface area contributed by atoms with Crippen molar-refractivity contribution in [2.75, 3.05) is 6.54 Å². The summed E-state index contributed by atoms with van der Waals surface area (Å²) < 4.78 is 13.1. The molecule has 0 saturated carbocycles. The Kier molecular flexibility index (Phi) is 3.39. The van der Waals surface area contributed by atoms with Crippen LogP contribution in [0.5, 0.6) is 0 Å². The Morgan fingerprint density at radius 3 is 3.22 bits per heavy atom. The summed E-state index contributed by atoms with van der Waals surface area (Å²) in [6, 6.07) is 5.51. The molecule has 1 aliphatic rings. The number of hydrogen-bond donors (Lipinski definition) is 1. The standard InChI is InChI=1S/C14H15FN2S/c15-11-2-3-12-10(9-11)1-4-13(12)16-6-5-14-17-7-8-18-14/h2-3,7-9,13,16H,1,4-6H2. The van der Waals surface area contributed by atoms with Gasteiger partial charge in [0.1, 0.15) is 5.82 Å². The van der Waals surface area contributed by atoms with Gasteiger partial charge in [-0.15, -0.1) is 11.3 Å². The second-order valence-electron chi connectivity index (χ2n) is 4.56. The van der Waals surface area contributed by atoms with E-state index in [1.54, 1.807) is 23.5 Å². The van der Waals surface area contributed by atoms with Crippen molar-refractivity contribution in [2.45, 2.75) is 25.3 Å². The van der Waals surface area contributed by atoms with Crippen molar-refractivity contribution in [1.82, 2.24) is 10.3 Å². The molecular formula is C14H15FN2S. The third-order valence-corrected chi connectivity index (χ3v) is 4.24. The number of nitrogens with zero attached hydrogens (tertiary/aromatic N) is 1. The highest BCUT2D eigenvalue weighted by Gasteiger charge is 2.21. The van der Waals surface area contributed by atoms with Crippen LogP contribution in [0.15, 0.2) is 29.8 Å². The predicted molar refractivity (Wildman–Crippen MR) is 71.3 cm³/mol. The second kappa shape index (κ2) is 5.16. The molecule has 18 heavy (non-hydrogen) atoms. The summed E-state index contributed by atoms with van der Waals surface area (Å²) in [7, 11) is 0. The van der Waals surface area contributed by atoms with Crippen LogP contribution in [0.3, 0.4) is 0 Å². The van der Waals surface area contributed by atoms with E-state index in [2.05, 4.69) is 10.3 Å². The van der Waals surface area contributed by atoms with Gasteiger partial charge in [-0.05, 0) is 36.1 Å². The molecule has 1 atom stereocenters. The van der Waals surface area contributed by atoms with Crippen LogP contribution < -0.4 is 5.32 Å². The topological polar surface area (TPSA) is 24.9 Å². The third-order valence-electron chi connectivity index (χ3n) is 3.40. The van der Waals surface area contributed by atoms with Crippen LogP contribution >= 0.6 is 11.3 Å². The molecule has 1 unspecified atom stereocenters. The number of halogens is 1. The Hall–Kier alpha value is -1.26. The molecule has 3 rings (SSSR count). The zero-order valence-corrected chi connectivity index (χ0v) is 10.8. The Balaban J connectivity index is 1.59. The zero-order valence-electron chi connectivity index (χ0n) is 10.0. The van der Waals surface area contributed by atoms with Gasteiger partial charge in [0, 0.05) is 30.6 Å². The predicted octanol–water partition coefficient (Wildman–Crippen LogP) is 3.10. The van der Waals surface area contributed by atoms with Crippen molar-refractivity contribution < 1.29 is 4.39 Å². The van der Waals surface area contributed by atoms with E-state index >= 15 is 0 Å². The number of hydrogen-bond acceptors (Lipinski definition) is 3. The third kappa shape index (κ3) is 2.44. The molecule has 0 aliphatic heterocycles. The van der Waals surface area contributed by atoms with Crippen LogP contribution in [0.2, 0.25) is 0 Å². The summed E-state index contributed by atoms with van der Waals surface area (Å²) in [6.45, 7) is 0.926. The summed E-state index contributed by atoms with van der Waals surface area (Å²) in [5.74, 6) is -0.128. The average molecular weight is 262 g/mol. The Bertz CT molecular complexity index is 525. The molecular weight excluding hydrogens is 247 g/mol. The van der Waals surface area contributed by atoms with E-state index in [0.29, 0.717) is 6.04 Å². The van der Waals surface area contributed by atoms with Crippen LogP contribution in [-0.2, 0) is 12.8 Å². The molecule has 0 radical (unpaired) electrons. The fourth-order valence-electron chi connectivity index (χ4n) is 2.53. The first kappa shape index (κ1) is 11.8. The molecule has 0 amide bonds. The lowest BCUT2D eigenvalue weighted by atomic mass is 10.1. The Labute approximate surface area is 110 Å². The molecule has 1 aliphatic carbocycles. The van der Waals surface area contributed by atoms with E-state index in [0.717, 1.165) is 31.4 Å². The summed E-state index contributed by atoms with van der Waals surface area (Å²) in [4.78, 5) is 4.27. The highest BCUT2D eigenvalue weighted by atomic mass is 32.1. The van der Waals surface area contributed by atoms with Crippen LogP contribution in [-0.4, -0.2) is 11.5 Å². The first-order valence-corrected chi connectivity index (χ1v) is 7.11. The highest BCUT2D eigenvalue weighted by Crippen LogP contribution is 2.31. The molecule has 94 valence electrons. The van der Waals surface area contributed by atoms with Gasteiger partial charge in [-0.25, -0.2) is 9.37 Å². The molecule has 0 bridgehead atoms. The smallest absolute Gasteiger partial charge is 0.123 e. The van der Waals surface area contributed by atoms with Crippen molar-refractivity contribution in [3.63, 3.8) is 0 Å². The van der Waals surface area contributed by atoms with Gasteiger partial charge in [0.15, 0.2) is 0 Å². The summed E-state index contributed by atoms with van der Waals surface area (Å²) in [5, 5.41) is 6.71. The van der Waals surface area contributed by atoms with Gasteiger partial charge in [0.25, 0.3) is 0 Å². The van der Waals surface area contributed by atoms with Crippen LogP contribution in [0.1, 0.15) is 28.6 Å². The fraction of sp³-hybridized carbons (Fsp3) is 0.357. The molecule has 2 aromatic rings. The van der Waals surface area contributed by atoms with Crippen LogP contribution in [0, 0.1) is 5.82 Å². The molecule has 0 spiro atoms. The number of rotatable bonds is 4. The number of nitrogens with one attached hydrogen (secondary N) is 1. The lowest BCUT2D eigenvalue weighted by molar-refractivity contribution is 0.533. The van der Waals surface area contributed by atoms with Crippen molar-refractivity contribution >= 4 is 11.3 Å². The normalized spacial score (nSPS) is 17.9. The van der Waals surface area contributed by atoms with Gasteiger partial charge in [-0.2, -0.15) is 0 Å². The minimum Gasteiger partial charge on any atom is -0.310 e. The SMILES string of the molecule is Fc1ccc2c(c1)CCC2NCCc1nccs1. The maximum atomic E-state index is 13.1. The van der Waals surface area contributed by atoms with Gasteiger partial charge in [-0.3, -0.25) is 0 Å². The van der Waals surface area contributed by atoms with Gasteiger partial charge >= 0.3 is 0 Å². The van der Waals surface area contributed by atoms with E-state index in [4.69, 9.17) is 0 Å². The first-order chi connectivity index (χ1) is 8.83. The van der Waals surface area contributed by atoms with Gasteiger partial charge in [0.2, 0.25) is 0 Å². The summed E-state index contributed by atoms with van der Waals surface area (Å²) in [5.41, 5.74) is 2.41. The van der Waals surface area contributed by atoms with E-state index in [9.17, 15) is 4.39 Å². The van der Waals surface area contributed by atoms with Crippen molar-refractivity contribution in [3.05, 3.63) is 51.7 Å². The maximum Gasteiger partial charge on any atom is 0.123 e. The molecule has 2 nitrogen and oxygen atoms in total. The van der Waals surface area contributed by atoms with E-state index in [1.165, 1.54) is 10.6 Å². The van der Waals surface area contributed by atoms with Crippen LogP contribution in [0.25, 0.3) is 0 Å². The Morgan fingerprint density at radius 2 is 2.39 bits per heavy atom. The van der Waals surface area contributed by atoms with Gasteiger partial charge in [-0.1, -0.05) is 6.07 Å². The molecule has 0 fully saturated rings. The summed E-state index contributed by atoms with van der Waals surface area (Å²) >= 11 is 1.69. The lowest BCUT2D eigenvalue weighted by Gasteiger charge is -2.13.